The molecule has 0 spiro atoms. The lowest BCUT2D eigenvalue weighted by Gasteiger charge is -2.07. The fraction of sp³-hybridized carbons (Fsp3) is 0.250. The van der Waals surface area contributed by atoms with E-state index >= 15 is 0 Å². The molecule has 2 N–H and O–H groups in total. The van der Waals surface area contributed by atoms with Crippen molar-refractivity contribution in [2.75, 3.05) is 19.5 Å². The van der Waals surface area contributed by atoms with Crippen LogP contribution in [-0.4, -0.2) is 32.2 Å². The molecule has 0 heterocycles. The van der Waals surface area contributed by atoms with Crippen LogP contribution in [0, 0.1) is 0 Å². The van der Waals surface area contributed by atoms with Crippen molar-refractivity contribution >= 4 is 46.9 Å². The minimum Gasteiger partial charge on any atom is -0.497 e. The number of hydrogen-bond acceptors (Lipinski definition) is 5. The first-order valence-electron chi connectivity index (χ1n) is 8.71. The zero-order valence-corrected chi connectivity index (χ0v) is 17.5. The van der Waals surface area contributed by atoms with Gasteiger partial charge in [0.1, 0.15) is 11.5 Å². The molecule has 0 aliphatic carbocycles. The van der Waals surface area contributed by atoms with Gasteiger partial charge in [0, 0.05) is 24.1 Å². The molecule has 0 atom stereocenters. The Morgan fingerprint density at radius 3 is 2.45 bits per heavy atom. The van der Waals surface area contributed by atoms with E-state index in [0.717, 1.165) is 0 Å². The predicted octanol–water partition coefficient (Wildman–Crippen LogP) is 4.27. The number of hydrazone groups is 1. The van der Waals surface area contributed by atoms with Crippen molar-refractivity contribution in [1.82, 2.24) is 5.43 Å². The summed E-state index contributed by atoms with van der Waals surface area (Å²) in [7, 11) is 3.10. The predicted molar refractivity (Wildman–Crippen MR) is 114 cm³/mol. The molecule has 0 saturated heterocycles. The number of benzene rings is 2. The Kier molecular flexibility index (Phi) is 8.76. The minimum atomic E-state index is -0.301. The summed E-state index contributed by atoms with van der Waals surface area (Å²) in [6, 6.07) is 10.1. The van der Waals surface area contributed by atoms with E-state index in [1.54, 1.807) is 50.6 Å². The zero-order valence-electron chi connectivity index (χ0n) is 16.0. The summed E-state index contributed by atoms with van der Waals surface area (Å²) < 4.78 is 10.4. The Bertz CT molecular complexity index is 903. The van der Waals surface area contributed by atoms with Gasteiger partial charge in [0.25, 0.3) is 0 Å². The number of methoxy groups -OCH3 is 2. The Morgan fingerprint density at radius 2 is 1.76 bits per heavy atom. The van der Waals surface area contributed by atoms with Crippen LogP contribution in [0.4, 0.5) is 5.69 Å². The molecule has 2 amide bonds. The molecule has 0 aromatic heterocycles. The topological polar surface area (TPSA) is 89.0 Å². The molecular weight excluding hydrogens is 417 g/mol. The van der Waals surface area contributed by atoms with Gasteiger partial charge in [0.15, 0.2) is 0 Å². The van der Waals surface area contributed by atoms with Gasteiger partial charge in [-0.2, -0.15) is 5.10 Å². The number of nitrogens with one attached hydrogen (secondary N) is 2. The van der Waals surface area contributed by atoms with E-state index in [4.69, 9.17) is 32.7 Å². The van der Waals surface area contributed by atoms with Gasteiger partial charge < -0.3 is 14.8 Å². The van der Waals surface area contributed by atoms with Crippen molar-refractivity contribution in [3.63, 3.8) is 0 Å². The van der Waals surface area contributed by atoms with Gasteiger partial charge >= 0.3 is 0 Å². The summed E-state index contributed by atoms with van der Waals surface area (Å²) in [5.74, 6) is 0.723. The number of amides is 2. The highest BCUT2D eigenvalue weighted by atomic mass is 35.5. The smallest absolute Gasteiger partial charge is 0.240 e. The maximum Gasteiger partial charge on any atom is 0.240 e. The fourth-order valence-corrected chi connectivity index (χ4v) is 2.67. The van der Waals surface area contributed by atoms with Crippen molar-refractivity contribution in [3.05, 3.63) is 52.0 Å². The molecule has 0 radical (unpaired) electrons. The van der Waals surface area contributed by atoms with Crippen LogP contribution in [-0.2, 0) is 9.59 Å². The largest absolute Gasteiger partial charge is 0.497 e. The van der Waals surface area contributed by atoms with E-state index in [9.17, 15) is 9.59 Å². The lowest BCUT2D eigenvalue weighted by atomic mass is 10.2. The summed E-state index contributed by atoms with van der Waals surface area (Å²) in [5, 5.41) is 7.39. The molecule has 2 aromatic carbocycles. The SMILES string of the molecule is COc1ccc(OC)c(/C=N\NC(=O)CCCC(=O)Nc2ccc(Cl)c(Cl)c2)c1. The van der Waals surface area contributed by atoms with Crippen LogP contribution in [0.1, 0.15) is 24.8 Å². The van der Waals surface area contributed by atoms with Crippen molar-refractivity contribution in [2.45, 2.75) is 19.3 Å². The molecule has 2 aromatic rings. The van der Waals surface area contributed by atoms with Crippen LogP contribution in [0.15, 0.2) is 41.5 Å². The van der Waals surface area contributed by atoms with Crippen molar-refractivity contribution in [3.8, 4) is 11.5 Å². The van der Waals surface area contributed by atoms with E-state index in [0.29, 0.717) is 39.2 Å². The molecule has 0 aliphatic heterocycles. The second-order valence-electron chi connectivity index (χ2n) is 5.93. The normalized spacial score (nSPS) is 10.6. The molecule has 0 unspecified atom stereocenters. The summed E-state index contributed by atoms with van der Waals surface area (Å²) in [4.78, 5) is 23.8. The first-order valence-corrected chi connectivity index (χ1v) is 9.47. The van der Waals surface area contributed by atoms with Gasteiger partial charge in [0.2, 0.25) is 11.8 Å². The van der Waals surface area contributed by atoms with Gasteiger partial charge in [-0.15, -0.1) is 0 Å². The van der Waals surface area contributed by atoms with Crippen LogP contribution in [0.3, 0.4) is 0 Å². The van der Waals surface area contributed by atoms with E-state index in [-0.39, 0.29) is 24.7 Å². The molecule has 154 valence electrons. The molecule has 0 aliphatic rings. The Hall–Kier alpha value is -2.77. The van der Waals surface area contributed by atoms with Crippen LogP contribution in [0.2, 0.25) is 10.0 Å². The summed E-state index contributed by atoms with van der Waals surface area (Å²) in [6.45, 7) is 0. The maximum atomic E-state index is 11.9. The highest BCUT2D eigenvalue weighted by Crippen LogP contribution is 2.25. The van der Waals surface area contributed by atoms with Gasteiger partial charge in [-0.05, 0) is 42.8 Å². The van der Waals surface area contributed by atoms with E-state index in [2.05, 4.69) is 15.8 Å². The minimum absolute atomic E-state index is 0.154. The molecule has 2 rings (SSSR count). The van der Waals surface area contributed by atoms with Crippen LogP contribution in [0.25, 0.3) is 0 Å². The summed E-state index contributed by atoms with van der Waals surface area (Å²) >= 11 is 11.7. The van der Waals surface area contributed by atoms with Crippen molar-refractivity contribution in [2.24, 2.45) is 5.10 Å². The molecule has 0 fully saturated rings. The van der Waals surface area contributed by atoms with Crippen molar-refractivity contribution in [1.29, 1.82) is 0 Å². The number of hydrogen-bond donors (Lipinski definition) is 2. The van der Waals surface area contributed by atoms with Gasteiger partial charge in [0.05, 0.1) is 30.5 Å². The molecular formula is C20H21Cl2N3O4. The third-order valence-electron chi connectivity index (χ3n) is 3.84. The van der Waals surface area contributed by atoms with Crippen molar-refractivity contribution < 1.29 is 19.1 Å². The monoisotopic (exact) mass is 437 g/mol. The quantitative estimate of drug-likeness (QED) is 0.452. The average Bonchev–Trinajstić information content (AvgIpc) is 2.70. The number of ether oxygens (including phenoxy) is 2. The Labute approximate surface area is 179 Å². The number of nitrogens with zero attached hydrogens (tertiary/aromatic N) is 1. The lowest BCUT2D eigenvalue weighted by molar-refractivity contribution is -0.121. The summed E-state index contributed by atoms with van der Waals surface area (Å²) in [6.07, 6.45) is 2.18. The highest BCUT2D eigenvalue weighted by Gasteiger charge is 2.07. The summed E-state index contributed by atoms with van der Waals surface area (Å²) in [5.41, 5.74) is 3.63. The van der Waals surface area contributed by atoms with Gasteiger partial charge in [-0.1, -0.05) is 23.2 Å². The standard InChI is InChI=1S/C20H21Cl2N3O4/c1-28-15-7-9-18(29-2)13(10-15)12-23-25-20(27)5-3-4-19(26)24-14-6-8-16(21)17(22)11-14/h6-12H,3-5H2,1-2H3,(H,24,26)(H,25,27)/b23-12-. The van der Waals surface area contributed by atoms with Gasteiger partial charge in [-0.25, -0.2) is 5.43 Å². The third kappa shape index (κ3) is 7.29. The second kappa shape index (κ2) is 11.3. The number of rotatable bonds is 9. The molecule has 0 bridgehead atoms. The molecule has 9 heteroatoms. The van der Waals surface area contributed by atoms with Crippen LogP contribution >= 0.6 is 23.2 Å². The molecule has 29 heavy (non-hydrogen) atoms. The van der Waals surface area contributed by atoms with Crippen LogP contribution < -0.4 is 20.2 Å². The van der Waals surface area contributed by atoms with Crippen LogP contribution in [0.5, 0.6) is 11.5 Å². The molecule has 0 saturated carbocycles. The zero-order chi connectivity index (χ0) is 21.2. The lowest BCUT2D eigenvalue weighted by Crippen LogP contribution is -2.18. The number of carbonyl (C=O) groups excluding carboxylic acids is 2. The third-order valence-corrected chi connectivity index (χ3v) is 4.58. The van der Waals surface area contributed by atoms with E-state index in [1.807, 2.05) is 0 Å². The van der Waals surface area contributed by atoms with Gasteiger partial charge in [-0.3, -0.25) is 9.59 Å². The highest BCUT2D eigenvalue weighted by molar-refractivity contribution is 6.42. The Morgan fingerprint density at radius 1 is 1.00 bits per heavy atom. The number of anilines is 1. The Balaban J connectivity index is 1.76. The van der Waals surface area contributed by atoms with E-state index in [1.165, 1.54) is 6.21 Å². The average molecular weight is 438 g/mol. The number of halogens is 2. The fourth-order valence-electron chi connectivity index (χ4n) is 2.38. The second-order valence-corrected chi connectivity index (χ2v) is 6.75. The maximum absolute atomic E-state index is 11.9. The van der Waals surface area contributed by atoms with E-state index < -0.39 is 0 Å². The first-order chi connectivity index (χ1) is 13.9. The first kappa shape index (κ1) is 22.5. The number of carbonyl (C=O) groups is 2. The molecule has 7 nitrogen and oxygen atoms in total.